The highest BCUT2D eigenvalue weighted by Gasteiger charge is 2.26. The van der Waals surface area contributed by atoms with Gasteiger partial charge in [-0.2, -0.15) is 5.10 Å². The average molecular weight is 433 g/mol. The predicted octanol–water partition coefficient (Wildman–Crippen LogP) is 3.92. The van der Waals surface area contributed by atoms with Crippen molar-refractivity contribution in [2.24, 2.45) is 7.05 Å². The Balaban J connectivity index is 1.78. The molecule has 0 bridgehead atoms. The Morgan fingerprint density at radius 1 is 1.09 bits per heavy atom. The van der Waals surface area contributed by atoms with Gasteiger partial charge in [-0.05, 0) is 31.0 Å². The van der Waals surface area contributed by atoms with Crippen LogP contribution in [0.5, 0.6) is 5.75 Å². The van der Waals surface area contributed by atoms with E-state index in [2.05, 4.69) is 15.2 Å². The molecule has 0 unspecified atom stereocenters. The van der Waals surface area contributed by atoms with Gasteiger partial charge in [-0.3, -0.25) is 24.1 Å². The lowest BCUT2D eigenvalue weighted by Gasteiger charge is -2.17. The van der Waals surface area contributed by atoms with Crippen molar-refractivity contribution in [3.63, 3.8) is 0 Å². The zero-order valence-electron chi connectivity index (χ0n) is 17.6. The molecule has 9 nitrogen and oxygen atoms in total. The fraction of sp³-hybridized carbons (Fsp3) is 0.348. The van der Waals surface area contributed by atoms with Crippen molar-refractivity contribution in [2.45, 2.75) is 44.6 Å². The summed E-state index contributed by atoms with van der Waals surface area (Å²) in [4.78, 5) is 28.7. The van der Waals surface area contributed by atoms with Gasteiger partial charge in [0.2, 0.25) is 11.2 Å². The quantitative estimate of drug-likeness (QED) is 0.364. The molecule has 4 aromatic heterocycles. The molecule has 0 radical (unpaired) electrons. The zero-order chi connectivity index (χ0) is 22.0. The summed E-state index contributed by atoms with van der Waals surface area (Å²) in [5, 5.41) is 18.8. The number of benzene rings is 1. The number of nitrogens with zero attached hydrogens (tertiary/aromatic N) is 3. The third-order valence-corrected chi connectivity index (χ3v) is 6.71. The van der Waals surface area contributed by atoms with E-state index in [1.807, 2.05) is 10.7 Å². The van der Waals surface area contributed by atoms with Crippen molar-refractivity contribution in [2.75, 3.05) is 0 Å². The van der Waals surface area contributed by atoms with E-state index in [-0.39, 0.29) is 17.2 Å². The molecule has 0 amide bonds. The standard InChI is InChI=1S/C23H23N5O4/c1-27-14(10-11-24-27)16-17-22(28(26-23(17)31)12-6-4-2-3-5-7-12)25-18-13-8-9-15(29)19(30)20(13)32-21(16)18/h8-12,25,30H,2-7H2,1H3,(H,26,31). The third kappa shape index (κ3) is 2.60. The van der Waals surface area contributed by atoms with Gasteiger partial charge < -0.3 is 14.5 Å². The fourth-order valence-electron chi connectivity index (χ4n) is 5.12. The second kappa shape index (κ2) is 6.88. The monoisotopic (exact) mass is 433 g/mol. The van der Waals surface area contributed by atoms with Crippen LogP contribution < -0.4 is 11.0 Å². The van der Waals surface area contributed by atoms with Gasteiger partial charge in [0.1, 0.15) is 5.65 Å². The highest BCUT2D eigenvalue weighted by molar-refractivity contribution is 6.14. The maximum Gasteiger partial charge on any atom is 0.274 e. The van der Waals surface area contributed by atoms with Gasteiger partial charge in [0.15, 0.2) is 11.2 Å². The predicted molar refractivity (Wildman–Crippen MR) is 121 cm³/mol. The topological polar surface area (TPSA) is 122 Å². The number of nitrogens with one attached hydrogen (secondary N) is 2. The van der Waals surface area contributed by atoms with Crippen LogP contribution in [0, 0.1) is 0 Å². The minimum atomic E-state index is -0.510. The van der Waals surface area contributed by atoms with Crippen LogP contribution in [-0.2, 0) is 7.05 Å². The van der Waals surface area contributed by atoms with Gasteiger partial charge in [0.25, 0.3) is 5.56 Å². The minimum absolute atomic E-state index is 0.109. The van der Waals surface area contributed by atoms with Gasteiger partial charge in [-0.1, -0.05) is 25.7 Å². The molecule has 0 aliphatic heterocycles. The Hall–Kier alpha value is -3.75. The summed E-state index contributed by atoms with van der Waals surface area (Å²) in [5.41, 5.74) is 2.39. The first-order valence-corrected chi connectivity index (χ1v) is 11.0. The van der Waals surface area contributed by atoms with Crippen LogP contribution in [0.2, 0.25) is 0 Å². The number of phenols is 1. The number of rotatable bonds is 2. The van der Waals surface area contributed by atoms with Crippen molar-refractivity contribution in [1.29, 1.82) is 0 Å². The van der Waals surface area contributed by atoms with Crippen molar-refractivity contribution >= 4 is 33.1 Å². The number of hydrogen-bond donors (Lipinski definition) is 3. The summed E-state index contributed by atoms with van der Waals surface area (Å²) in [5.74, 6) is -0.437. The van der Waals surface area contributed by atoms with Crippen molar-refractivity contribution < 1.29 is 9.52 Å². The van der Waals surface area contributed by atoms with Crippen molar-refractivity contribution in [1.82, 2.24) is 24.5 Å². The molecule has 9 heteroatoms. The van der Waals surface area contributed by atoms with E-state index in [0.717, 1.165) is 25.7 Å². The van der Waals surface area contributed by atoms with Gasteiger partial charge in [-0.25, -0.2) is 0 Å². The van der Waals surface area contributed by atoms with E-state index in [0.29, 0.717) is 38.8 Å². The average Bonchev–Trinajstić information content (AvgIpc) is 3.38. The summed E-state index contributed by atoms with van der Waals surface area (Å²) in [6, 6.07) is 4.97. The lowest BCUT2D eigenvalue weighted by Crippen LogP contribution is -2.13. The molecule has 0 atom stereocenters. The normalized spacial score (nSPS) is 15.8. The van der Waals surface area contributed by atoms with E-state index in [9.17, 15) is 14.7 Å². The van der Waals surface area contributed by atoms with Gasteiger partial charge in [0, 0.05) is 18.6 Å². The summed E-state index contributed by atoms with van der Waals surface area (Å²) in [7, 11) is 1.80. The molecule has 0 saturated heterocycles. The number of aryl methyl sites for hydroxylation is 1. The van der Waals surface area contributed by atoms with E-state index >= 15 is 0 Å². The Morgan fingerprint density at radius 3 is 2.59 bits per heavy atom. The maximum absolute atomic E-state index is 13.3. The summed E-state index contributed by atoms with van der Waals surface area (Å²) in [6.07, 6.45) is 8.32. The first-order valence-electron chi connectivity index (χ1n) is 11.0. The molecule has 1 aliphatic carbocycles. The summed E-state index contributed by atoms with van der Waals surface area (Å²) in [6.45, 7) is 0. The Labute approximate surface area is 181 Å². The number of fused-ring (bicyclic) bond motifs is 4. The molecule has 6 rings (SSSR count). The molecule has 1 saturated carbocycles. The molecule has 32 heavy (non-hydrogen) atoms. The van der Waals surface area contributed by atoms with E-state index in [1.165, 1.54) is 18.9 Å². The number of aromatic amines is 2. The largest absolute Gasteiger partial charge is 0.502 e. The highest BCUT2D eigenvalue weighted by atomic mass is 16.4. The van der Waals surface area contributed by atoms with E-state index < -0.39 is 11.2 Å². The summed E-state index contributed by atoms with van der Waals surface area (Å²) < 4.78 is 9.67. The molecule has 1 aromatic carbocycles. The van der Waals surface area contributed by atoms with Crippen molar-refractivity contribution in [3.8, 4) is 17.0 Å². The van der Waals surface area contributed by atoms with Gasteiger partial charge in [0.05, 0.1) is 28.2 Å². The van der Waals surface area contributed by atoms with Crippen LogP contribution in [-0.4, -0.2) is 29.7 Å². The molecule has 164 valence electrons. The van der Waals surface area contributed by atoms with Crippen molar-refractivity contribution in [3.05, 3.63) is 45.0 Å². The van der Waals surface area contributed by atoms with Gasteiger partial charge in [-0.15, -0.1) is 0 Å². The molecule has 0 spiro atoms. The van der Waals surface area contributed by atoms with Gasteiger partial charge >= 0.3 is 0 Å². The molecule has 5 aromatic rings. The third-order valence-electron chi connectivity index (χ3n) is 6.71. The molecule has 1 fully saturated rings. The lowest BCUT2D eigenvalue weighted by atomic mass is 10.1. The van der Waals surface area contributed by atoms with Crippen LogP contribution in [0.25, 0.3) is 44.4 Å². The van der Waals surface area contributed by atoms with Crippen LogP contribution in [0.3, 0.4) is 0 Å². The molecule has 1 aliphatic rings. The number of aromatic nitrogens is 5. The van der Waals surface area contributed by atoms with Crippen LogP contribution in [0.4, 0.5) is 0 Å². The van der Waals surface area contributed by atoms with E-state index in [1.54, 1.807) is 24.0 Å². The van der Waals surface area contributed by atoms with Crippen LogP contribution in [0.1, 0.15) is 44.6 Å². The SMILES string of the molecule is Cn1nccc1-c1c2oc3c(O)c(=O)ccc3c2[nH]c2c1c(=O)[nH]n2C1CCCCCC1. The van der Waals surface area contributed by atoms with Crippen LogP contribution in [0.15, 0.2) is 38.4 Å². The smallest absolute Gasteiger partial charge is 0.274 e. The number of aromatic hydroxyl groups is 1. The lowest BCUT2D eigenvalue weighted by molar-refractivity contribution is 0.413. The second-order valence-corrected chi connectivity index (χ2v) is 8.62. The highest BCUT2D eigenvalue weighted by Crippen LogP contribution is 2.40. The Bertz CT molecular complexity index is 1600. The number of furan rings is 1. The maximum atomic E-state index is 13.3. The minimum Gasteiger partial charge on any atom is -0.502 e. The zero-order valence-corrected chi connectivity index (χ0v) is 17.6. The first kappa shape index (κ1) is 19.0. The fourth-order valence-corrected chi connectivity index (χ4v) is 5.12. The second-order valence-electron chi connectivity index (χ2n) is 8.62. The Kier molecular flexibility index (Phi) is 4.08. The first-order chi connectivity index (χ1) is 15.5. The van der Waals surface area contributed by atoms with E-state index in [4.69, 9.17) is 4.42 Å². The van der Waals surface area contributed by atoms with Crippen LogP contribution >= 0.6 is 0 Å². The number of phenolic OH excluding ortho intramolecular Hbond substituents is 1. The number of H-pyrrole nitrogens is 2. The molecular formula is C23H23N5O4. The molecular weight excluding hydrogens is 410 g/mol. The number of pyridine rings is 1. The summed E-state index contributed by atoms with van der Waals surface area (Å²) >= 11 is 0. The molecule has 3 N–H and O–H groups in total. The Morgan fingerprint density at radius 2 is 1.88 bits per heavy atom. The number of hydrogen-bond acceptors (Lipinski definition) is 5. The molecule has 4 heterocycles.